The van der Waals surface area contributed by atoms with E-state index >= 15 is 0 Å². The zero-order chi connectivity index (χ0) is 13.1. The van der Waals surface area contributed by atoms with Crippen molar-refractivity contribution in [2.75, 3.05) is 31.2 Å². The highest BCUT2D eigenvalue weighted by molar-refractivity contribution is 5.48. The normalized spacial score (nSPS) is 22.1. The molecule has 0 bridgehead atoms. The number of piperidine rings is 1. The first kappa shape index (κ1) is 12.9. The lowest BCUT2D eigenvalue weighted by atomic mass is 10.0. The standard InChI is InChI=1S/C16H23NO2/c1-2-3-14-4-6-15(7-5-14)17-10-8-16(9-11-17)18-12-13-19-16/h4-7H,2-3,8-13H2,1H3. The lowest BCUT2D eigenvalue weighted by Gasteiger charge is -2.38. The van der Waals surface area contributed by atoms with Crippen molar-refractivity contribution in [2.45, 2.75) is 38.4 Å². The maximum atomic E-state index is 5.77. The van der Waals surface area contributed by atoms with E-state index in [4.69, 9.17) is 9.47 Å². The summed E-state index contributed by atoms with van der Waals surface area (Å²) in [5.74, 6) is -0.265. The summed E-state index contributed by atoms with van der Waals surface area (Å²) in [4.78, 5) is 2.44. The van der Waals surface area contributed by atoms with Crippen molar-refractivity contribution in [2.24, 2.45) is 0 Å². The minimum Gasteiger partial charge on any atom is -0.371 e. The number of aryl methyl sites for hydroxylation is 1. The van der Waals surface area contributed by atoms with Crippen LogP contribution < -0.4 is 4.90 Å². The Morgan fingerprint density at radius 1 is 1.05 bits per heavy atom. The number of ether oxygens (including phenoxy) is 2. The van der Waals surface area contributed by atoms with Gasteiger partial charge < -0.3 is 14.4 Å². The summed E-state index contributed by atoms with van der Waals surface area (Å²) < 4.78 is 11.5. The zero-order valence-electron chi connectivity index (χ0n) is 11.7. The minimum atomic E-state index is -0.265. The van der Waals surface area contributed by atoms with Crippen LogP contribution in [0.15, 0.2) is 24.3 Å². The molecule has 2 aliphatic heterocycles. The lowest BCUT2D eigenvalue weighted by molar-refractivity contribution is -0.169. The van der Waals surface area contributed by atoms with E-state index in [0.29, 0.717) is 0 Å². The molecule has 0 atom stereocenters. The van der Waals surface area contributed by atoms with Gasteiger partial charge in [-0.05, 0) is 24.1 Å². The molecule has 0 amide bonds. The fourth-order valence-corrected chi connectivity index (χ4v) is 3.05. The van der Waals surface area contributed by atoms with Gasteiger partial charge in [0, 0.05) is 31.6 Å². The molecule has 2 heterocycles. The topological polar surface area (TPSA) is 21.7 Å². The Bertz CT molecular complexity index is 399. The Kier molecular flexibility index (Phi) is 3.76. The lowest BCUT2D eigenvalue weighted by Crippen LogP contribution is -2.45. The van der Waals surface area contributed by atoms with Gasteiger partial charge in [0.1, 0.15) is 0 Å². The van der Waals surface area contributed by atoms with Crippen molar-refractivity contribution in [1.29, 1.82) is 0 Å². The van der Waals surface area contributed by atoms with Gasteiger partial charge in [-0.2, -0.15) is 0 Å². The Morgan fingerprint density at radius 3 is 2.26 bits per heavy atom. The number of rotatable bonds is 3. The molecule has 1 aromatic carbocycles. The zero-order valence-corrected chi connectivity index (χ0v) is 11.7. The van der Waals surface area contributed by atoms with Crippen molar-refractivity contribution in [3.63, 3.8) is 0 Å². The molecule has 2 aliphatic rings. The number of benzene rings is 1. The average Bonchev–Trinajstić information content (AvgIpc) is 2.90. The third kappa shape index (κ3) is 2.77. The SMILES string of the molecule is CCCc1ccc(N2CCC3(CC2)OCCO3)cc1. The molecule has 1 spiro atoms. The molecule has 104 valence electrons. The smallest absolute Gasteiger partial charge is 0.171 e. The molecule has 3 heteroatoms. The van der Waals surface area contributed by atoms with Crippen LogP contribution in [0.2, 0.25) is 0 Å². The summed E-state index contributed by atoms with van der Waals surface area (Å²) >= 11 is 0. The maximum Gasteiger partial charge on any atom is 0.171 e. The van der Waals surface area contributed by atoms with Crippen LogP contribution in [0.4, 0.5) is 5.69 Å². The van der Waals surface area contributed by atoms with Crippen LogP contribution in [0.25, 0.3) is 0 Å². The number of hydrogen-bond acceptors (Lipinski definition) is 3. The third-order valence-electron chi connectivity index (χ3n) is 4.18. The molecular weight excluding hydrogens is 238 g/mol. The maximum absolute atomic E-state index is 5.77. The Labute approximate surface area is 115 Å². The highest BCUT2D eigenvalue weighted by Gasteiger charge is 2.39. The van der Waals surface area contributed by atoms with Gasteiger partial charge >= 0.3 is 0 Å². The second-order valence-corrected chi connectivity index (χ2v) is 5.51. The summed E-state index contributed by atoms with van der Waals surface area (Å²) in [6.07, 6.45) is 4.33. The summed E-state index contributed by atoms with van der Waals surface area (Å²) in [5.41, 5.74) is 2.76. The first-order chi connectivity index (χ1) is 9.31. The first-order valence-electron chi connectivity index (χ1n) is 7.43. The van der Waals surface area contributed by atoms with Gasteiger partial charge in [-0.1, -0.05) is 25.5 Å². The second kappa shape index (κ2) is 5.51. The molecule has 2 fully saturated rings. The van der Waals surface area contributed by atoms with Crippen LogP contribution in [0.5, 0.6) is 0 Å². The van der Waals surface area contributed by atoms with Crippen molar-refractivity contribution in [3.8, 4) is 0 Å². The molecule has 0 aromatic heterocycles. The highest BCUT2D eigenvalue weighted by atomic mass is 16.7. The Hall–Kier alpha value is -1.06. The quantitative estimate of drug-likeness (QED) is 0.835. The highest BCUT2D eigenvalue weighted by Crippen LogP contribution is 2.33. The molecule has 0 radical (unpaired) electrons. The van der Waals surface area contributed by atoms with E-state index < -0.39 is 0 Å². The van der Waals surface area contributed by atoms with Crippen molar-refractivity contribution in [1.82, 2.24) is 0 Å². The van der Waals surface area contributed by atoms with Crippen molar-refractivity contribution < 1.29 is 9.47 Å². The molecule has 19 heavy (non-hydrogen) atoms. The van der Waals surface area contributed by atoms with E-state index in [1.54, 1.807) is 0 Å². The predicted octanol–water partition coefficient (Wildman–Crippen LogP) is 2.98. The molecule has 2 saturated heterocycles. The largest absolute Gasteiger partial charge is 0.371 e. The van der Waals surface area contributed by atoms with Crippen LogP contribution in [-0.2, 0) is 15.9 Å². The molecule has 3 rings (SSSR count). The van der Waals surface area contributed by atoms with Crippen LogP contribution in [0, 0.1) is 0 Å². The molecule has 0 N–H and O–H groups in total. The number of nitrogens with zero attached hydrogens (tertiary/aromatic N) is 1. The molecule has 0 saturated carbocycles. The van der Waals surface area contributed by atoms with Gasteiger partial charge in [0.05, 0.1) is 13.2 Å². The Balaban J connectivity index is 1.61. The van der Waals surface area contributed by atoms with Gasteiger partial charge in [-0.15, -0.1) is 0 Å². The summed E-state index contributed by atoms with van der Waals surface area (Å²) in [6, 6.07) is 9.01. The number of anilines is 1. The van der Waals surface area contributed by atoms with Crippen molar-refractivity contribution >= 4 is 5.69 Å². The molecule has 0 unspecified atom stereocenters. The Morgan fingerprint density at radius 2 is 1.68 bits per heavy atom. The van der Waals surface area contributed by atoms with E-state index in [-0.39, 0.29) is 5.79 Å². The molecule has 3 nitrogen and oxygen atoms in total. The fourth-order valence-electron chi connectivity index (χ4n) is 3.05. The van der Waals surface area contributed by atoms with Gasteiger partial charge in [-0.25, -0.2) is 0 Å². The van der Waals surface area contributed by atoms with Crippen LogP contribution >= 0.6 is 0 Å². The van der Waals surface area contributed by atoms with Gasteiger partial charge in [-0.3, -0.25) is 0 Å². The molecule has 1 aromatic rings. The molecular formula is C16H23NO2. The summed E-state index contributed by atoms with van der Waals surface area (Å²) in [6.45, 7) is 5.78. The summed E-state index contributed by atoms with van der Waals surface area (Å²) in [5, 5.41) is 0. The third-order valence-corrected chi connectivity index (χ3v) is 4.18. The summed E-state index contributed by atoms with van der Waals surface area (Å²) in [7, 11) is 0. The number of hydrogen-bond donors (Lipinski definition) is 0. The van der Waals surface area contributed by atoms with Crippen LogP contribution in [0.1, 0.15) is 31.7 Å². The second-order valence-electron chi connectivity index (χ2n) is 5.51. The van der Waals surface area contributed by atoms with Crippen LogP contribution in [0.3, 0.4) is 0 Å². The van der Waals surface area contributed by atoms with E-state index in [1.165, 1.54) is 24.1 Å². The average molecular weight is 261 g/mol. The van der Waals surface area contributed by atoms with Crippen LogP contribution in [-0.4, -0.2) is 32.1 Å². The fraction of sp³-hybridized carbons (Fsp3) is 0.625. The van der Waals surface area contributed by atoms with Gasteiger partial charge in [0.25, 0.3) is 0 Å². The predicted molar refractivity (Wildman–Crippen MR) is 76.5 cm³/mol. The monoisotopic (exact) mass is 261 g/mol. The van der Waals surface area contributed by atoms with E-state index in [0.717, 1.165) is 39.1 Å². The minimum absolute atomic E-state index is 0.265. The van der Waals surface area contributed by atoms with Gasteiger partial charge in [0.15, 0.2) is 5.79 Å². The van der Waals surface area contributed by atoms with E-state index in [9.17, 15) is 0 Å². The first-order valence-corrected chi connectivity index (χ1v) is 7.43. The van der Waals surface area contributed by atoms with E-state index in [1.807, 2.05) is 0 Å². The van der Waals surface area contributed by atoms with Crippen molar-refractivity contribution in [3.05, 3.63) is 29.8 Å². The van der Waals surface area contributed by atoms with Gasteiger partial charge in [0.2, 0.25) is 0 Å². The molecule has 0 aliphatic carbocycles. The van der Waals surface area contributed by atoms with E-state index in [2.05, 4.69) is 36.1 Å².